The number of nitrogens with two attached hydrogens (primary N) is 1. The van der Waals surface area contributed by atoms with Gasteiger partial charge in [0.05, 0.1) is 11.7 Å². The molecule has 0 bridgehead atoms. The van der Waals surface area contributed by atoms with Gasteiger partial charge in [-0.3, -0.25) is 0 Å². The molecule has 1 heterocycles. The topological polar surface area (TPSA) is 35.2 Å². The highest BCUT2D eigenvalue weighted by Crippen LogP contribution is 2.33. The number of nitrogen functional groups attached to an aromatic ring is 1. The summed E-state index contributed by atoms with van der Waals surface area (Å²) in [6.07, 6.45) is 2.35. The van der Waals surface area contributed by atoms with Crippen LogP contribution < -0.4 is 5.73 Å². The van der Waals surface area contributed by atoms with Crippen LogP contribution in [0.25, 0.3) is 0 Å². The van der Waals surface area contributed by atoms with Gasteiger partial charge in [0, 0.05) is 16.3 Å². The largest absolute Gasteiger partial charge is 0.399 e. The molecule has 1 saturated heterocycles. The SMILES string of the molecule is CC1(C)CCC(CSc2ccc(N)cc2F)O1. The highest BCUT2D eigenvalue weighted by molar-refractivity contribution is 7.99. The molecule has 1 aliphatic rings. The second-order valence-electron chi connectivity index (χ2n) is 5.04. The quantitative estimate of drug-likeness (QED) is 0.663. The van der Waals surface area contributed by atoms with Gasteiger partial charge in [-0.1, -0.05) is 0 Å². The number of anilines is 1. The lowest BCUT2D eigenvalue weighted by Gasteiger charge is -2.19. The van der Waals surface area contributed by atoms with E-state index < -0.39 is 0 Å². The van der Waals surface area contributed by atoms with Gasteiger partial charge in [-0.05, 0) is 44.9 Å². The number of benzene rings is 1. The van der Waals surface area contributed by atoms with E-state index in [-0.39, 0.29) is 17.5 Å². The van der Waals surface area contributed by atoms with Gasteiger partial charge in [-0.25, -0.2) is 4.39 Å². The zero-order valence-electron chi connectivity index (χ0n) is 10.2. The Bertz CT molecular complexity index is 408. The maximum Gasteiger partial charge on any atom is 0.138 e. The van der Waals surface area contributed by atoms with Crippen LogP contribution >= 0.6 is 11.8 Å². The van der Waals surface area contributed by atoms with Gasteiger partial charge in [-0.15, -0.1) is 11.8 Å². The van der Waals surface area contributed by atoms with E-state index in [0.717, 1.165) is 18.6 Å². The Balaban J connectivity index is 1.90. The van der Waals surface area contributed by atoms with Crippen LogP contribution in [-0.4, -0.2) is 17.5 Å². The summed E-state index contributed by atoms with van der Waals surface area (Å²) in [6, 6.07) is 4.82. The summed E-state index contributed by atoms with van der Waals surface area (Å²) >= 11 is 1.50. The molecule has 2 rings (SSSR count). The molecule has 0 saturated carbocycles. The van der Waals surface area contributed by atoms with Crippen LogP contribution in [0.5, 0.6) is 0 Å². The van der Waals surface area contributed by atoms with Gasteiger partial charge in [0.1, 0.15) is 5.82 Å². The molecule has 0 aliphatic carbocycles. The second kappa shape index (κ2) is 4.86. The fourth-order valence-corrected chi connectivity index (χ4v) is 2.97. The Kier molecular flexibility index (Phi) is 3.64. The van der Waals surface area contributed by atoms with Crippen LogP contribution in [0.15, 0.2) is 23.1 Å². The number of thioether (sulfide) groups is 1. The Labute approximate surface area is 106 Å². The standard InChI is InChI=1S/C13H18FNOS/c1-13(2)6-5-10(16-13)8-17-12-4-3-9(15)7-11(12)14/h3-4,7,10H,5-6,8,15H2,1-2H3. The third-order valence-corrected chi connectivity index (χ3v) is 4.12. The molecule has 1 fully saturated rings. The van der Waals surface area contributed by atoms with Crippen LogP contribution in [-0.2, 0) is 4.74 Å². The molecule has 0 aromatic heterocycles. The third kappa shape index (κ3) is 3.36. The van der Waals surface area contributed by atoms with E-state index in [2.05, 4.69) is 13.8 Å². The lowest BCUT2D eigenvalue weighted by Crippen LogP contribution is -2.21. The molecule has 0 radical (unpaired) electrons. The number of rotatable bonds is 3. The van der Waals surface area contributed by atoms with Crippen molar-refractivity contribution in [1.82, 2.24) is 0 Å². The number of hydrogen-bond acceptors (Lipinski definition) is 3. The van der Waals surface area contributed by atoms with Crippen LogP contribution in [0.1, 0.15) is 26.7 Å². The average Bonchev–Trinajstić information content (AvgIpc) is 2.57. The van der Waals surface area contributed by atoms with Crippen molar-refractivity contribution in [2.45, 2.75) is 43.3 Å². The molecule has 1 aromatic rings. The van der Waals surface area contributed by atoms with Crippen molar-refractivity contribution >= 4 is 17.4 Å². The number of hydrogen-bond donors (Lipinski definition) is 1. The highest BCUT2D eigenvalue weighted by atomic mass is 32.2. The lowest BCUT2D eigenvalue weighted by molar-refractivity contribution is -0.00466. The molecule has 4 heteroatoms. The van der Waals surface area contributed by atoms with Gasteiger partial charge in [-0.2, -0.15) is 0 Å². The molecule has 17 heavy (non-hydrogen) atoms. The lowest BCUT2D eigenvalue weighted by atomic mass is 10.1. The Hall–Kier alpha value is -0.740. The van der Waals surface area contributed by atoms with Crippen LogP contribution in [0.2, 0.25) is 0 Å². The predicted molar refractivity (Wildman–Crippen MR) is 69.7 cm³/mol. The number of ether oxygens (including phenoxy) is 1. The smallest absolute Gasteiger partial charge is 0.138 e. The molecule has 94 valence electrons. The Morgan fingerprint density at radius 1 is 1.53 bits per heavy atom. The van der Waals surface area contributed by atoms with E-state index in [0.29, 0.717) is 10.6 Å². The van der Waals surface area contributed by atoms with Gasteiger partial charge in [0.2, 0.25) is 0 Å². The first-order chi connectivity index (χ1) is 7.96. The normalized spacial score (nSPS) is 22.9. The molecule has 0 amide bonds. The zero-order chi connectivity index (χ0) is 12.5. The monoisotopic (exact) mass is 255 g/mol. The first kappa shape index (κ1) is 12.7. The molecule has 1 aliphatic heterocycles. The summed E-state index contributed by atoms with van der Waals surface area (Å²) in [4.78, 5) is 0.646. The maximum atomic E-state index is 13.5. The zero-order valence-corrected chi connectivity index (χ0v) is 11.0. The maximum absolute atomic E-state index is 13.5. The Morgan fingerprint density at radius 3 is 2.88 bits per heavy atom. The first-order valence-corrected chi connectivity index (χ1v) is 6.80. The number of halogens is 1. The van der Waals surface area contributed by atoms with Crippen LogP contribution in [0.4, 0.5) is 10.1 Å². The fourth-order valence-electron chi connectivity index (χ4n) is 2.01. The minimum absolute atomic E-state index is 0.0229. The summed E-state index contributed by atoms with van der Waals surface area (Å²) in [5.74, 6) is 0.553. The Morgan fingerprint density at radius 2 is 2.29 bits per heavy atom. The van der Waals surface area contributed by atoms with E-state index in [1.54, 1.807) is 12.1 Å². The first-order valence-electron chi connectivity index (χ1n) is 5.82. The molecule has 2 N–H and O–H groups in total. The minimum Gasteiger partial charge on any atom is -0.399 e. The van der Waals surface area contributed by atoms with E-state index in [1.165, 1.54) is 17.8 Å². The molecule has 1 aromatic carbocycles. The van der Waals surface area contributed by atoms with E-state index in [4.69, 9.17) is 10.5 Å². The van der Waals surface area contributed by atoms with Gasteiger partial charge < -0.3 is 10.5 Å². The molecular formula is C13H18FNOS. The van der Waals surface area contributed by atoms with Crippen molar-refractivity contribution in [3.8, 4) is 0 Å². The molecular weight excluding hydrogens is 237 g/mol. The van der Waals surface area contributed by atoms with Crippen LogP contribution in [0, 0.1) is 5.82 Å². The van der Waals surface area contributed by atoms with Gasteiger partial charge >= 0.3 is 0 Å². The van der Waals surface area contributed by atoms with E-state index in [1.807, 2.05) is 0 Å². The summed E-state index contributed by atoms with van der Waals surface area (Å²) in [5, 5.41) is 0. The molecule has 2 nitrogen and oxygen atoms in total. The van der Waals surface area contributed by atoms with Crippen molar-refractivity contribution in [2.75, 3.05) is 11.5 Å². The minimum atomic E-state index is -0.243. The second-order valence-corrected chi connectivity index (χ2v) is 6.10. The molecule has 0 spiro atoms. The average molecular weight is 255 g/mol. The summed E-state index contributed by atoms with van der Waals surface area (Å²) in [6.45, 7) is 4.20. The fraction of sp³-hybridized carbons (Fsp3) is 0.538. The van der Waals surface area contributed by atoms with Crippen molar-refractivity contribution in [1.29, 1.82) is 0 Å². The van der Waals surface area contributed by atoms with Gasteiger partial charge in [0.25, 0.3) is 0 Å². The predicted octanol–water partition coefficient (Wildman–Crippen LogP) is 3.46. The van der Waals surface area contributed by atoms with E-state index >= 15 is 0 Å². The summed E-state index contributed by atoms with van der Waals surface area (Å²) in [5.41, 5.74) is 5.95. The van der Waals surface area contributed by atoms with Crippen molar-refractivity contribution in [2.24, 2.45) is 0 Å². The van der Waals surface area contributed by atoms with Crippen molar-refractivity contribution in [3.05, 3.63) is 24.0 Å². The van der Waals surface area contributed by atoms with Gasteiger partial charge in [0.15, 0.2) is 0 Å². The van der Waals surface area contributed by atoms with Crippen molar-refractivity contribution < 1.29 is 9.13 Å². The van der Waals surface area contributed by atoms with E-state index in [9.17, 15) is 4.39 Å². The summed E-state index contributed by atoms with van der Waals surface area (Å²) < 4.78 is 19.4. The molecule has 1 unspecified atom stereocenters. The molecule has 1 atom stereocenters. The summed E-state index contributed by atoms with van der Waals surface area (Å²) in [7, 11) is 0. The highest BCUT2D eigenvalue weighted by Gasteiger charge is 2.31. The van der Waals surface area contributed by atoms with Crippen molar-refractivity contribution in [3.63, 3.8) is 0 Å². The third-order valence-electron chi connectivity index (χ3n) is 2.93. The van der Waals surface area contributed by atoms with Crippen LogP contribution in [0.3, 0.4) is 0 Å².